The number of benzene rings is 1. The molecular formula is C14H13NO3. The number of carboxylic acid groups (broad SMARTS) is 1. The molecule has 92 valence electrons. The molecule has 0 unspecified atom stereocenters. The van der Waals surface area contributed by atoms with E-state index in [1.807, 2.05) is 6.07 Å². The lowest BCUT2D eigenvalue weighted by Crippen LogP contribution is -2.08. The van der Waals surface area contributed by atoms with Crippen LogP contribution in [0.15, 0.2) is 36.5 Å². The SMILES string of the molecule is Cc1c(C(=O)O)cn(C)c1C(=O)c1ccccc1. The molecule has 4 heteroatoms. The number of hydrogen-bond acceptors (Lipinski definition) is 2. The van der Waals surface area contributed by atoms with Gasteiger partial charge in [-0.15, -0.1) is 0 Å². The van der Waals surface area contributed by atoms with Crippen molar-refractivity contribution in [2.24, 2.45) is 7.05 Å². The van der Waals surface area contributed by atoms with Crippen molar-refractivity contribution in [1.29, 1.82) is 0 Å². The summed E-state index contributed by atoms with van der Waals surface area (Å²) in [6, 6.07) is 8.83. The number of carbonyl (C=O) groups excluding carboxylic acids is 1. The number of rotatable bonds is 3. The van der Waals surface area contributed by atoms with Gasteiger partial charge in [0.05, 0.1) is 11.3 Å². The number of nitrogens with zero attached hydrogens (tertiary/aromatic N) is 1. The van der Waals surface area contributed by atoms with Crippen LogP contribution in [0.1, 0.15) is 32.0 Å². The lowest BCUT2D eigenvalue weighted by Gasteiger charge is -2.04. The lowest BCUT2D eigenvalue weighted by atomic mass is 10.0. The van der Waals surface area contributed by atoms with Crippen LogP contribution in [-0.4, -0.2) is 21.4 Å². The van der Waals surface area contributed by atoms with Gasteiger partial charge in [-0.3, -0.25) is 4.79 Å². The summed E-state index contributed by atoms with van der Waals surface area (Å²) in [6.07, 6.45) is 1.47. The molecule has 0 atom stereocenters. The van der Waals surface area contributed by atoms with E-state index in [0.29, 0.717) is 16.8 Å². The minimum Gasteiger partial charge on any atom is -0.478 e. The maximum absolute atomic E-state index is 12.3. The van der Waals surface area contributed by atoms with Gasteiger partial charge in [-0.2, -0.15) is 0 Å². The Morgan fingerprint density at radius 1 is 1.17 bits per heavy atom. The molecule has 0 aliphatic heterocycles. The normalized spacial score (nSPS) is 10.3. The van der Waals surface area contributed by atoms with Crippen LogP contribution in [0.3, 0.4) is 0 Å². The fraction of sp³-hybridized carbons (Fsp3) is 0.143. The van der Waals surface area contributed by atoms with E-state index in [0.717, 1.165) is 0 Å². The van der Waals surface area contributed by atoms with Gasteiger partial charge in [0.15, 0.2) is 0 Å². The van der Waals surface area contributed by atoms with Crippen LogP contribution >= 0.6 is 0 Å². The highest BCUT2D eigenvalue weighted by atomic mass is 16.4. The fourth-order valence-corrected chi connectivity index (χ4v) is 2.02. The van der Waals surface area contributed by atoms with E-state index in [4.69, 9.17) is 5.11 Å². The predicted octanol–water partition coefficient (Wildman–Crippen LogP) is 2.26. The van der Waals surface area contributed by atoms with Gasteiger partial charge in [0.1, 0.15) is 0 Å². The first kappa shape index (κ1) is 12.1. The number of carboxylic acids is 1. The lowest BCUT2D eigenvalue weighted by molar-refractivity contribution is 0.0696. The Balaban J connectivity index is 2.53. The molecule has 0 bridgehead atoms. The van der Waals surface area contributed by atoms with E-state index in [1.165, 1.54) is 6.20 Å². The molecule has 1 N–H and O–H groups in total. The Hall–Kier alpha value is -2.36. The summed E-state index contributed by atoms with van der Waals surface area (Å²) in [5, 5.41) is 9.03. The Morgan fingerprint density at radius 2 is 1.78 bits per heavy atom. The molecule has 1 aromatic carbocycles. The number of ketones is 1. The molecule has 0 radical (unpaired) electrons. The van der Waals surface area contributed by atoms with Crippen LogP contribution in [0.2, 0.25) is 0 Å². The second-order valence-corrected chi connectivity index (χ2v) is 4.13. The highest BCUT2D eigenvalue weighted by molar-refractivity contribution is 6.10. The highest BCUT2D eigenvalue weighted by Crippen LogP contribution is 2.19. The van der Waals surface area contributed by atoms with Gasteiger partial charge in [0.25, 0.3) is 0 Å². The smallest absolute Gasteiger partial charge is 0.337 e. The molecule has 18 heavy (non-hydrogen) atoms. The summed E-state index contributed by atoms with van der Waals surface area (Å²) >= 11 is 0. The molecule has 0 fully saturated rings. The van der Waals surface area contributed by atoms with E-state index in [9.17, 15) is 9.59 Å². The van der Waals surface area contributed by atoms with Crippen molar-refractivity contribution in [3.8, 4) is 0 Å². The van der Waals surface area contributed by atoms with Gasteiger partial charge in [0.2, 0.25) is 5.78 Å². The summed E-state index contributed by atoms with van der Waals surface area (Å²) in [5.74, 6) is -1.18. The monoisotopic (exact) mass is 243 g/mol. The summed E-state index contributed by atoms with van der Waals surface area (Å²) in [5.41, 5.74) is 1.63. The summed E-state index contributed by atoms with van der Waals surface area (Å²) in [4.78, 5) is 23.3. The third-order valence-electron chi connectivity index (χ3n) is 2.92. The zero-order chi connectivity index (χ0) is 13.3. The molecule has 0 aliphatic carbocycles. The third-order valence-corrected chi connectivity index (χ3v) is 2.92. The quantitative estimate of drug-likeness (QED) is 0.841. The van der Waals surface area contributed by atoms with E-state index >= 15 is 0 Å². The molecule has 1 aromatic heterocycles. The highest BCUT2D eigenvalue weighted by Gasteiger charge is 2.21. The maximum Gasteiger partial charge on any atom is 0.337 e. The van der Waals surface area contributed by atoms with Crippen molar-refractivity contribution < 1.29 is 14.7 Å². The van der Waals surface area contributed by atoms with E-state index in [2.05, 4.69) is 0 Å². The summed E-state index contributed by atoms with van der Waals surface area (Å²) in [7, 11) is 1.68. The van der Waals surface area contributed by atoms with Crippen LogP contribution < -0.4 is 0 Å². The molecule has 0 saturated heterocycles. The van der Waals surface area contributed by atoms with Crippen LogP contribution in [0.5, 0.6) is 0 Å². The van der Waals surface area contributed by atoms with Crippen molar-refractivity contribution >= 4 is 11.8 Å². The Bertz CT molecular complexity index is 611. The van der Waals surface area contributed by atoms with Gasteiger partial charge >= 0.3 is 5.97 Å². The van der Waals surface area contributed by atoms with Crippen LogP contribution in [-0.2, 0) is 7.05 Å². The number of aromatic carboxylic acids is 1. The Labute approximate surface area is 104 Å². The maximum atomic E-state index is 12.3. The average molecular weight is 243 g/mol. The Kier molecular flexibility index (Phi) is 3.02. The van der Waals surface area contributed by atoms with Crippen LogP contribution in [0.4, 0.5) is 0 Å². The Morgan fingerprint density at radius 3 is 2.28 bits per heavy atom. The van der Waals surface area contributed by atoms with Crippen molar-refractivity contribution in [3.63, 3.8) is 0 Å². The van der Waals surface area contributed by atoms with E-state index in [1.54, 1.807) is 42.8 Å². The third kappa shape index (κ3) is 1.93. The van der Waals surface area contributed by atoms with Gasteiger partial charge in [-0.05, 0) is 12.5 Å². The molecule has 2 rings (SSSR count). The van der Waals surface area contributed by atoms with Crippen molar-refractivity contribution in [2.75, 3.05) is 0 Å². The first-order chi connectivity index (χ1) is 8.52. The molecule has 4 nitrogen and oxygen atoms in total. The minimum atomic E-state index is -1.02. The molecule has 1 heterocycles. The second kappa shape index (κ2) is 4.49. The standard InChI is InChI=1S/C14H13NO3/c1-9-11(14(17)18)8-15(2)12(9)13(16)10-6-4-3-5-7-10/h3-8H,1-2H3,(H,17,18). The van der Waals surface area contributed by atoms with E-state index < -0.39 is 5.97 Å². The van der Waals surface area contributed by atoms with Gasteiger partial charge in [-0.25, -0.2) is 4.79 Å². The number of aromatic nitrogens is 1. The number of hydrogen-bond donors (Lipinski definition) is 1. The minimum absolute atomic E-state index is 0.164. The molecule has 0 saturated carbocycles. The molecule has 0 aliphatic rings. The molecule has 2 aromatic rings. The zero-order valence-corrected chi connectivity index (χ0v) is 10.2. The number of aryl methyl sites for hydroxylation is 1. The fourth-order valence-electron chi connectivity index (χ4n) is 2.02. The topological polar surface area (TPSA) is 59.3 Å². The van der Waals surface area contributed by atoms with Crippen molar-refractivity contribution in [1.82, 2.24) is 4.57 Å². The molecular weight excluding hydrogens is 230 g/mol. The van der Waals surface area contributed by atoms with Crippen molar-refractivity contribution in [2.45, 2.75) is 6.92 Å². The molecule has 0 spiro atoms. The van der Waals surface area contributed by atoms with E-state index in [-0.39, 0.29) is 11.3 Å². The van der Waals surface area contributed by atoms with Crippen molar-refractivity contribution in [3.05, 3.63) is 58.9 Å². The number of carbonyl (C=O) groups is 2. The average Bonchev–Trinajstić information content (AvgIpc) is 2.65. The molecule has 0 amide bonds. The predicted molar refractivity (Wildman–Crippen MR) is 67.0 cm³/mol. The largest absolute Gasteiger partial charge is 0.478 e. The summed E-state index contributed by atoms with van der Waals surface area (Å²) in [6.45, 7) is 1.65. The van der Waals surface area contributed by atoms with Gasteiger partial charge in [0, 0.05) is 18.8 Å². The zero-order valence-electron chi connectivity index (χ0n) is 10.2. The second-order valence-electron chi connectivity index (χ2n) is 4.13. The first-order valence-electron chi connectivity index (χ1n) is 5.51. The van der Waals surface area contributed by atoms with Gasteiger partial charge in [-0.1, -0.05) is 30.3 Å². The van der Waals surface area contributed by atoms with Crippen LogP contribution in [0.25, 0.3) is 0 Å². The first-order valence-corrected chi connectivity index (χ1v) is 5.51. The van der Waals surface area contributed by atoms with Crippen LogP contribution in [0, 0.1) is 6.92 Å². The summed E-state index contributed by atoms with van der Waals surface area (Å²) < 4.78 is 1.56. The van der Waals surface area contributed by atoms with Gasteiger partial charge < -0.3 is 9.67 Å².